The smallest absolute Gasteiger partial charge is 0.338 e. The Kier molecular flexibility index (Phi) is 7.43. The normalized spacial score (nSPS) is 14.8. The van der Waals surface area contributed by atoms with Crippen molar-refractivity contribution in [2.45, 2.75) is 50.5 Å². The van der Waals surface area contributed by atoms with E-state index in [9.17, 15) is 13.2 Å². The van der Waals surface area contributed by atoms with Gasteiger partial charge in [-0.3, -0.25) is 4.72 Å². The van der Waals surface area contributed by atoms with Crippen LogP contribution < -0.4 is 14.4 Å². The minimum absolute atomic E-state index is 0.0726. The summed E-state index contributed by atoms with van der Waals surface area (Å²) in [5.41, 5.74) is 1.23. The van der Waals surface area contributed by atoms with Crippen LogP contribution in [-0.4, -0.2) is 40.7 Å². The summed E-state index contributed by atoms with van der Waals surface area (Å²) in [6.45, 7) is 5.07. The van der Waals surface area contributed by atoms with E-state index in [1.165, 1.54) is 6.07 Å². The molecule has 0 atom stereocenters. The molecule has 168 valence electrons. The van der Waals surface area contributed by atoms with Crippen molar-refractivity contribution < 1.29 is 22.7 Å². The second kappa shape index (κ2) is 10.0. The highest BCUT2D eigenvalue weighted by Gasteiger charge is 2.25. The minimum Gasteiger partial charge on any atom is -0.497 e. The first-order valence-corrected chi connectivity index (χ1v) is 12.1. The lowest BCUT2D eigenvalue weighted by Gasteiger charge is -2.26. The second-order valence-corrected chi connectivity index (χ2v) is 9.52. The topological polar surface area (TPSA) is 84.9 Å². The number of sulfonamides is 1. The Morgan fingerprint density at radius 1 is 1.00 bits per heavy atom. The molecule has 2 aromatic carbocycles. The van der Waals surface area contributed by atoms with E-state index in [4.69, 9.17) is 9.47 Å². The van der Waals surface area contributed by atoms with Crippen molar-refractivity contribution >= 4 is 27.4 Å². The number of carbonyl (C=O) groups excluding carboxylic acids is 1. The number of rotatable bonds is 7. The molecule has 0 bridgehead atoms. The van der Waals surface area contributed by atoms with Gasteiger partial charge in [-0.2, -0.15) is 0 Å². The van der Waals surface area contributed by atoms with Crippen molar-refractivity contribution in [1.82, 2.24) is 0 Å². The molecular weight excluding hydrogens is 416 g/mol. The van der Waals surface area contributed by atoms with Crippen LogP contribution in [0.1, 0.15) is 49.9 Å². The summed E-state index contributed by atoms with van der Waals surface area (Å²) in [5, 5.41) is 0. The SMILES string of the molecule is COc1ccc(NS(=O)(=O)c2cc(C(=O)OC(C)C)ccc2N2CCCCCC2)cc1. The molecule has 1 heterocycles. The highest BCUT2D eigenvalue weighted by molar-refractivity contribution is 7.92. The number of carbonyl (C=O) groups is 1. The van der Waals surface area contributed by atoms with Crippen LogP contribution in [0.3, 0.4) is 0 Å². The van der Waals surface area contributed by atoms with Gasteiger partial charge in [-0.1, -0.05) is 12.8 Å². The van der Waals surface area contributed by atoms with Crippen LogP contribution in [-0.2, 0) is 14.8 Å². The van der Waals surface area contributed by atoms with Crippen LogP contribution >= 0.6 is 0 Å². The highest BCUT2D eigenvalue weighted by Crippen LogP contribution is 2.31. The quantitative estimate of drug-likeness (QED) is 0.633. The van der Waals surface area contributed by atoms with Crippen LogP contribution in [0.2, 0.25) is 0 Å². The summed E-state index contributed by atoms with van der Waals surface area (Å²) >= 11 is 0. The molecule has 1 saturated heterocycles. The number of benzene rings is 2. The Hall–Kier alpha value is -2.74. The van der Waals surface area contributed by atoms with Crippen molar-refractivity contribution in [3.05, 3.63) is 48.0 Å². The predicted molar refractivity (Wildman–Crippen MR) is 121 cm³/mol. The monoisotopic (exact) mass is 446 g/mol. The van der Waals surface area contributed by atoms with Gasteiger partial charge >= 0.3 is 5.97 Å². The molecule has 0 radical (unpaired) electrons. The average Bonchev–Trinajstić information content (AvgIpc) is 3.02. The Balaban J connectivity index is 2.00. The molecule has 2 aromatic rings. The molecule has 8 heteroatoms. The van der Waals surface area contributed by atoms with Crippen LogP contribution in [0.15, 0.2) is 47.4 Å². The molecule has 0 saturated carbocycles. The van der Waals surface area contributed by atoms with E-state index in [0.717, 1.165) is 38.8 Å². The molecule has 0 aliphatic carbocycles. The largest absolute Gasteiger partial charge is 0.497 e. The van der Waals surface area contributed by atoms with E-state index < -0.39 is 16.0 Å². The average molecular weight is 447 g/mol. The molecule has 0 aromatic heterocycles. The molecular formula is C23H30N2O5S. The Bertz CT molecular complexity index is 995. The van der Waals surface area contributed by atoms with Crippen LogP contribution in [0.25, 0.3) is 0 Å². The number of nitrogens with one attached hydrogen (secondary N) is 1. The van der Waals surface area contributed by atoms with E-state index in [1.54, 1.807) is 57.4 Å². The first-order valence-electron chi connectivity index (χ1n) is 10.6. The number of methoxy groups -OCH3 is 1. The van der Waals surface area contributed by atoms with E-state index >= 15 is 0 Å². The molecule has 0 amide bonds. The standard InChI is InChI=1S/C23H30N2O5S/c1-17(2)30-23(26)18-8-13-21(25-14-6-4-5-7-15-25)22(16-18)31(27,28)24-19-9-11-20(29-3)12-10-19/h8-13,16-17,24H,4-7,14-15H2,1-3H3. The van der Waals surface area contributed by atoms with E-state index in [-0.39, 0.29) is 16.6 Å². The summed E-state index contributed by atoms with van der Waals surface area (Å²) in [5.74, 6) is 0.0879. The first kappa shape index (κ1) is 22.9. The van der Waals surface area contributed by atoms with Gasteiger partial charge in [0.05, 0.1) is 24.5 Å². The van der Waals surface area contributed by atoms with Gasteiger partial charge in [0.1, 0.15) is 10.6 Å². The minimum atomic E-state index is -3.95. The predicted octanol–water partition coefficient (Wildman–Crippen LogP) is 4.44. The summed E-state index contributed by atoms with van der Waals surface area (Å²) in [4.78, 5) is 14.6. The number of ether oxygens (including phenoxy) is 2. The molecule has 0 unspecified atom stereocenters. The molecule has 31 heavy (non-hydrogen) atoms. The summed E-state index contributed by atoms with van der Waals surface area (Å²) < 4.78 is 39.8. The molecule has 1 aliphatic heterocycles. The zero-order valence-electron chi connectivity index (χ0n) is 18.3. The van der Waals surface area contributed by atoms with Crippen molar-refractivity contribution in [2.24, 2.45) is 0 Å². The van der Waals surface area contributed by atoms with Crippen molar-refractivity contribution in [1.29, 1.82) is 0 Å². The van der Waals surface area contributed by atoms with Crippen molar-refractivity contribution in [3.8, 4) is 5.75 Å². The molecule has 7 nitrogen and oxygen atoms in total. The van der Waals surface area contributed by atoms with Gasteiger partial charge in [-0.05, 0) is 69.2 Å². The molecule has 0 spiro atoms. The van der Waals surface area contributed by atoms with E-state index in [0.29, 0.717) is 17.1 Å². The third-order valence-corrected chi connectivity index (χ3v) is 6.53. The van der Waals surface area contributed by atoms with Crippen molar-refractivity contribution in [2.75, 3.05) is 29.8 Å². The van der Waals surface area contributed by atoms with Gasteiger partial charge in [0, 0.05) is 18.8 Å². The van der Waals surface area contributed by atoms with Gasteiger partial charge in [0.25, 0.3) is 10.0 Å². The maximum Gasteiger partial charge on any atom is 0.338 e. The summed E-state index contributed by atoms with van der Waals surface area (Å²) in [7, 11) is -2.40. The first-order chi connectivity index (χ1) is 14.8. The number of nitrogens with zero attached hydrogens (tertiary/aromatic N) is 1. The van der Waals surface area contributed by atoms with Gasteiger partial charge in [0.2, 0.25) is 0 Å². The Labute approximate surface area is 184 Å². The fraction of sp³-hybridized carbons (Fsp3) is 0.435. The summed E-state index contributed by atoms with van der Waals surface area (Å²) in [6.07, 6.45) is 3.96. The van der Waals surface area contributed by atoms with Gasteiger partial charge in [-0.15, -0.1) is 0 Å². The highest BCUT2D eigenvalue weighted by atomic mass is 32.2. The van der Waals surface area contributed by atoms with Gasteiger partial charge in [0.15, 0.2) is 0 Å². The van der Waals surface area contributed by atoms with Crippen LogP contribution in [0.5, 0.6) is 5.75 Å². The third-order valence-electron chi connectivity index (χ3n) is 5.12. The Morgan fingerprint density at radius 3 is 2.23 bits per heavy atom. The zero-order valence-corrected chi connectivity index (χ0v) is 19.1. The number of hydrogen-bond acceptors (Lipinski definition) is 6. The van der Waals surface area contributed by atoms with E-state index in [2.05, 4.69) is 9.62 Å². The van der Waals surface area contributed by atoms with E-state index in [1.807, 2.05) is 0 Å². The fourth-order valence-corrected chi connectivity index (χ4v) is 4.89. The number of hydrogen-bond donors (Lipinski definition) is 1. The lowest BCUT2D eigenvalue weighted by atomic mass is 10.2. The van der Waals surface area contributed by atoms with Crippen LogP contribution in [0.4, 0.5) is 11.4 Å². The lowest BCUT2D eigenvalue weighted by Crippen LogP contribution is -2.27. The van der Waals surface area contributed by atoms with Gasteiger partial charge in [-0.25, -0.2) is 13.2 Å². The molecule has 3 rings (SSSR count). The lowest BCUT2D eigenvalue weighted by molar-refractivity contribution is 0.0377. The molecule has 1 aliphatic rings. The van der Waals surface area contributed by atoms with Crippen molar-refractivity contribution in [3.63, 3.8) is 0 Å². The summed E-state index contributed by atoms with van der Waals surface area (Å²) in [6, 6.07) is 11.4. The zero-order chi connectivity index (χ0) is 22.4. The maximum atomic E-state index is 13.4. The molecule has 1 N–H and O–H groups in total. The van der Waals surface area contributed by atoms with Crippen LogP contribution in [0, 0.1) is 0 Å². The third kappa shape index (κ3) is 5.91. The molecule has 1 fully saturated rings. The Morgan fingerprint density at radius 2 is 1.65 bits per heavy atom. The fourth-order valence-electron chi connectivity index (χ4n) is 3.58. The maximum absolute atomic E-state index is 13.4. The second-order valence-electron chi connectivity index (χ2n) is 7.87. The van der Waals surface area contributed by atoms with Gasteiger partial charge < -0.3 is 14.4 Å². The number of anilines is 2. The number of esters is 1.